The van der Waals surface area contributed by atoms with E-state index >= 15 is 0 Å². The first-order chi connectivity index (χ1) is 6.38. The predicted molar refractivity (Wildman–Crippen MR) is 52.8 cm³/mol. The molecule has 0 saturated carbocycles. The van der Waals surface area contributed by atoms with Crippen LogP contribution in [0.15, 0.2) is 24.3 Å². The van der Waals surface area contributed by atoms with E-state index in [1.165, 1.54) is 7.05 Å². The highest BCUT2D eigenvalue weighted by molar-refractivity contribution is 5.75. The smallest absolute Gasteiger partial charge is 0.211 e. The highest BCUT2D eigenvalue weighted by atomic mass is 16.5. The minimum absolute atomic E-state index is 0.623. The largest absolute Gasteiger partial charge is 0.495 e. The van der Waals surface area contributed by atoms with Crippen molar-refractivity contribution in [2.45, 2.75) is 0 Å². The fourth-order valence-corrected chi connectivity index (χ4v) is 0.827. The second-order valence-electron chi connectivity index (χ2n) is 1.96. The summed E-state index contributed by atoms with van der Waals surface area (Å²) in [5.41, 5.74) is 5.19. The van der Waals surface area contributed by atoms with Gasteiger partial charge in [-0.3, -0.25) is 4.79 Å². The lowest BCUT2D eigenvalue weighted by molar-refractivity contribution is -0.105. The zero-order valence-electron chi connectivity index (χ0n) is 7.78. The van der Waals surface area contributed by atoms with Crippen molar-refractivity contribution in [1.29, 1.82) is 0 Å². The van der Waals surface area contributed by atoms with Crippen LogP contribution in [0.25, 0.3) is 0 Å². The normalized spacial score (nSPS) is 7.92. The van der Waals surface area contributed by atoms with E-state index in [9.17, 15) is 4.79 Å². The molecule has 0 unspecified atom stereocenters. The molecule has 1 aromatic rings. The number of benzene rings is 1. The summed E-state index contributed by atoms with van der Waals surface area (Å²) >= 11 is 0. The topological polar surface area (TPSA) is 64.3 Å². The SMILES string of the molecule is CN.COc1ccccc1NC=O. The van der Waals surface area contributed by atoms with Crippen molar-refractivity contribution in [3.8, 4) is 5.75 Å². The number of nitrogens with one attached hydrogen (secondary N) is 1. The first-order valence-corrected chi connectivity index (χ1v) is 3.79. The van der Waals surface area contributed by atoms with Crippen molar-refractivity contribution < 1.29 is 9.53 Å². The van der Waals surface area contributed by atoms with Gasteiger partial charge >= 0.3 is 0 Å². The number of carbonyl (C=O) groups is 1. The molecule has 0 aliphatic heterocycles. The molecule has 1 rings (SSSR count). The Hall–Kier alpha value is -1.55. The Morgan fingerprint density at radius 1 is 1.38 bits per heavy atom. The molecule has 0 radical (unpaired) electrons. The van der Waals surface area contributed by atoms with Crippen LogP contribution in [0.3, 0.4) is 0 Å². The number of hydrogen-bond donors (Lipinski definition) is 2. The molecule has 4 heteroatoms. The summed E-state index contributed by atoms with van der Waals surface area (Å²) < 4.78 is 4.98. The predicted octanol–water partition coefficient (Wildman–Crippen LogP) is 0.838. The molecule has 0 heterocycles. The third-order valence-corrected chi connectivity index (χ3v) is 1.32. The number of amides is 1. The molecule has 0 saturated heterocycles. The average molecular weight is 182 g/mol. The molecule has 0 atom stereocenters. The number of hydrogen-bond acceptors (Lipinski definition) is 3. The van der Waals surface area contributed by atoms with Gasteiger partial charge in [0.05, 0.1) is 12.8 Å². The maximum absolute atomic E-state index is 10.1. The molecule has 72 valence electrons. The van der Waals surface area contributed by atoms with E-state index in [0.29, 0.717) is 17.8 Å². The van der Waals surface area contributed by atoms with Gasteiger partial charge in [-0.2, -0.15) is 0 Å². The van der Waals surface area contributed by atoms with Crippen LogP contribution in [-0.4, -0.2) is 20.6 Å². The molecule has 0 bridgehead atoms. The number of para-hydroxylation sites is 2. The van der Waals surface area contributed by atoms with Gasteiger partial charge in [0, 0.05) is 0 Å². The quantitative estimate of drug-likeness (QED) is 0.681. The van der Waals surface area contributed by atoms with Crippen LogP contribution in [-0.2, 0) is 4.79 Å². The molecule has 0 aliphatic rings. The third-order valence-electron chi connectivity index (χ3n) is 1.32. The maximum atomic E-state index is 10.1. The second kappa shape index (κ2) is 7.12. The van der Waals surface area contributed by atoms with Gasteiger partial charge < -0.3 is 15.8 Å². The molecule has 0 fully saturated rings. The Labute approximate surface area is 77.7 Å². The lowest BCUT2D eigenvalue weighted by Crippen LogP contribution is -1.96. The van der Waals surface area contributed by atoms with E-state index in [-0.39, 0.29) is 0 Å². The molecule has 0 spiro atoms. The van der Waals surface area contributed by atoms with E-state index in [0.717, 1.165) is 0 Å². The summed E-state index contributed by atoms with van der Waals surface area (Å²) in [4.78, 5) is 10.1. The van der Waals surface area contributed by atoms with Crippen LogP contribution in [0.5, 0.6) is 5.75 Å². The minimum Gasteiger partial charge on any atom is -0.495 e. The zero-order chi connectivity index (χ0) is 10.1. The summed E-state index contributed by atoms with van der Waals surface area (Å²) in [6.45, 7) is 0. The monoisotopic (exact) mass is 182 g/mol. The number of anilines is 1. The molecule has 1 aromatic carbocycles. The van der Waals surface area contributed by atoms with Gasteiger partial charge in [0.1, 0.15) is 5.75 Å². The Morgan fingerprint density at radius 2 is 2.00 bits per heavy atom. The first-order valence-electron chi connectivity index (χ1n) is 3.79. The average Bonchev–Trinajstić information content (AvgIpc) is 2.22. The van der Waals surface area contributed by atoms with E-state index in [1.807, 2.05) is 12.1 Å². The summed E-state index contributed by atoms with van der Waals surface area (Å²) in [6, 6.07) is 7.22. The fraction of sp³-hybridized carbons (Fsp3) is 0.222. The van der Waals surface area contributed by atoms with Gasteiger partial charge in [-0.15, -0.1) is 0 Å². The van der Waals surface area contributed by atoms with E-state index < -0.39 is 0 Å². The second-order valence-corrected chi connectivity index (χ2v) is 1.96. The van der Waals surface area contributed by atoms with Crippen LogP contribution in [0.1, 0.15) is 0 Å². The van der Waals surface area contributed by atoms with E-state index in [2.05, 4.69) is 11.1 Å². The molecule has 0 aliphatic carbocycles. The number of rotatable bonds is 3. The van der Waals surface area contributed by atoms with Crippen LogP contribution in [0.2, 0.25) is 0 Å². The Kier molecular flexibility index (Phi) is 6.27. The van der Waals surface area contributed by atoms with Crippen LogP contribution < -0.4 is 15.8 Å². The molecule has 1 amide bonds. The van der Waals surface area contributed by atoms with Crippen molar-refractivity contribution in [2.75, 3.05) is 19.5 Å². The van der Waals surface area contributed by atoms with Crippen molar-refractivity contribution >= 4 is 12.1 Å². The number of ether oxygens (including phenoxy) is 1. The molecular weight excluding hydrogens is 168 g/mol. The van der Waals surface area contributed by atoms with Gasteiger partial charge in [0.15, 0.2) is 0 Å². The number of methoxy groups -OCH3 is 1. The summed E-state index contributed by atoms with van der Waals surface area (Å²) in [5, 5.41) is 2.52. The van der Waals surface area contributed by atoms with E-state index in [4.69, 9.17) is 4.74 Å². The summed E-state index contributed by atoms with van der Waals surface area (Å²) in [7, 11) is 3.06. The Morgan fingerprint density at radius 3 is 2.54 bits per heavy atom. The molecule has 3 N–H and O–H groups in total. The van der Waals surface area contributed by atoms with Crippen LogP contribution >= 0.6 is 0 Å². The first kappa shape index (κ1) is 11.4. The minimum atomic E-state index is 0.623. The van der Waals surface area contributed by atoms with Crippen molar-refractivity contribution in [1.82, 2.24) is 0 Å². The van der Waals surface area contributed by atoms with E-state index in [1.54, 1.807) is 19.2 Å². The van der Waals surface area contributed by atoms with Gasteiger partial charge in [-0.05, 0) is 19.2 Å². The fourth-order valence-electron chi connectivity index (χ4n) is 0.827. The highest BCUT2D eigenvalue weighted by Gasteiger charge is 1.97. The lowest BCUT2D eigenvalue weighted by atomic mass is 10.3. The molecule has 13 heavy (non-hydrogen) atoms. The summed E-state index contributed by atoms with van der Waals surface area (Å²) in [5.74, 6) is 0.666. The molecule has 0 aromatic heterocycles. The lowest BCUT2D eigenvalue weighted by Gasteiger charge is -2.04. The summed E-state index contributed by atoms with van der Waals surface area (Å²) in [6.07, 6.45) is 0.623. The third kappa shape index (κ3) is 3.57. The van der Waals surface area contributed by atoms with Crippen molar-refractivity contribution in [2.24, 2.45) is 5.73 Å². The Balaban J connectivity index is 0.000000671. The standard InChI is InChI=1S/C8H9NO2.CH5N/c1-11-8-5-3-2-4-7(8)9-6-10;1-2/h2-6H,1H3,(H,9,10);2H2,1H3. The van der Waals surface area contributed by atoms with Crippen molar-refractivity contribution in [3.05, 3.63) is 24.3 Å². The number of nitrogens with two attached hydrogens (primary N) is 1. The van der Waals surface area contributed by atoms with Crippen LogP contribution in [0.4, 0.5) is 5.69 Å². The Bertz CT molecular complexity index is 251. The van der Waals surface area contributed by atoms with Crippen LogP contribution in [0, 0.1) is 0 Å². The maximum Gasteiger partial charge on any atom is 0.211 e. The number of carbonyl (C=O) groups excluding carboxylic acids is 1. The van der Waals surface area contributed by atoms with Crippen molar-refractivity contribution in [3.63, 3.8) is 0 Å². The van der Waals surface area contributed by atoms with Gasteiger partial charge in [0.2, 0.25) is 6.41 Å². The highest BCUT2D eigenvalue weighted by Crippen LogP contribution is 2.21. The molecule has 4 nitrogen and oxygen atoms in total. The van der Waals surface area contributed by atoms with Gasteiger partial charge in [-0.25, -0.2) is 0 Å². The molecular formula is C9H14N2O2. The van der Waals surface area contributed by atoms with Gasteiger partial charge in [-0.1, -0.05) is 12.1 Å². The van der Waals surface area contributed by atoms with Gasteiger partial charge in [0.25, 0.3) is 0 Å². The zero-order valence-corrected chi connectivity index (χ0v) is 7.78.